The van der Waals surface area contributed by atoms with E-state index in [4.69, 9.17) is 0 Å². The number of fused-ring (bicyclic) bond motifs is 1. The van der Waals surface area contributed by atoms with Crippen LogP contribution in [-0.2, 0) is 49.6 Å². The second-order valence-corrected chi connectivity index (χ2v) is 12.4. The number of carboxylic acids is 1. The first kappa shape index (κ1) is 34.5. The number of aliphatic hydroxyl groups is 1. The van der Waals surface area contributed by atoms with Gasteiger partial charge in [0.2, 0.25) is 0 Å². The van der Waals surface area contributed by atoms with Crippen LogP contribution in [0.3, 0.4) is 0 Å². The summed E-state index contributed by atoms with van der Waals surface area (Å²) in [6, 6.07) is 5.70. The zero-order valence-corrected chi connectivity index (χ0v) is 26.0. The van der Waals surface area contributed by atoms with Gasteiger partial charge in [-0.2, -0.15) is 31.1 Å². The summed E-state index contributed by atoms with van der Waals surface area (Å²) in [6.07, 6.45) is -4.53. The normalized spacial score (nSPS) is 18.3. The van der Waals surface area contributed by atoms with Crippen LogP contribution < -0.4 is 9.80 Å². The van der Waals surface area contributed by atoms with Crippen molar-refractivity contribution in [3.05, 3.63) is 63.7 Å². The Labute approximate surface area is 268 Å². The van der Waals surface area contributed by atoms with Crippen molar-refractivity contribution in [2.24, 2.45) is 11.8 Å². The van der Waals surface area contributed by atoms with E-state index in [2.05, 4.69) is 32.4 Å². The van der Waals surface area contributed by atoms with Crippen molar-refractivity contribution in [3.63, 3.8) is 0 Å². The van der Waals surface area contributed by atoms with Gasteiger partial charge >= 0.3 is 18.3 Å². The van der Waals surface area contributed by atoms with Gasteiger partial charge in [-0.15, -0.1) is 5.10 Å². The van der Waals surface area contributed by atoms with Crippen LogP contribution in [0.1, 0.15) is 72.4 Å². The third-order valence-corrected chi connectivity index (χ3v) is 9.10. The van der Waals surface area contributed by atoms with Gasteiger partial charge in [0.15, 0.2) is 0 Å². The predicted octanol–water partition coefficient (Wildman–Crippen LogP) is 6.12. The van der Waals surface area contributed by atoms with Crippen LogP contribution in [-0.4, -0.2) is 56.1 Å². The van der Waals surface area contributed by atoms with Crippen molar-refractivity contribution in [2.45, 2.75) is 83.9 Å². The minimum absolute atomic E-state index is 0.000449. The number of aryl methyl sites for hydroxylation is 2. The molecule has 2 N–H and O–H groups in total. The number of anilines is 2. The highest BCUT2D eigenvalue weighted by atomic mass is 19.4. The lowest BCUT2D eigenvalue weighted by atomic mass is 9.81. The third-order valence-electron chi connectivity index (χ3n) is 9.10. The molecule has 9 nitrogen and oxygen atoms in total. The monoisotopic (exact) mass is 668 g/mol. The number of tetrazole rings is 1. The van der Waals surface area contributed by atoms with Crippen LogP contribution in [0.5, 0.6) is 0 Å². The van der Waals surface area contributed by atoms with Crippen LogP contribution >= 0.6 is 0 Å². The number of alkyl halides is 6. The number of hydrogen-bond acceptors (Lipinski definition) is 7. The van der Waals surface area contributed by atoms with Crippen LogP contribution in [0, 0.1) is 11.8 Å². The van der Waals surface area contributed by atoms with E-state index in [0.29, 0.717) is 38.1 Å². The quantitative estimate of drug-likeness (QED) is 0.223. The maximum atomic E-state index is 13.7. The Hall–Kier alpha value is -3.88. The second kappa shape index (κ2) is 14.1. The number of aliphatic hydroxyl groups excluding tert-OH is 1. The number of aromatic nitrogens is 4. The van der Waals surface area contributed by atoms with Crippen molar-refractivity contribution in [1.29, 1.82) is 0 Å². The Balaban J connectivity index is 1.51. The Morgan fingerprint density at radius 1 is 0.915 bits per heavy atom. The lowest BCUT2D eigenvalue weighted by molar-refractivity contribution is -0.144. The number of rotatable bonds is 12. The van der Waals surface area contributed by atoms with E-state index in [-0.39, 0.29) is 55.7 Å². The standard InChI is InChI=1S/C32H38F6N6O3/c1-2-42(17-20-6-8-22(9-7-20)29(46)47)28-15-24-5-3-4-23(24)14-25(28)19-43(30-39-41-44(40-30)10-11-45)18-21-12-26(31(33,34)35)16-27(13-21)32(36,37)38/h12-16,20,22,45H,2-11,17-19H2,1H3,(H,46,47)/t20-,22-. The summed E-state index contributed by atoms with van der Waals surface area (Å²) in [5.74, 6) is -0.852. The molecular formula is C32H38F6N6O3. The number of hydrogen-bond donors (Lipinski definition) is 2. The zero-order valence-electron chi connectivity index (χ0n) is 26.0. The van der Waals surface area contributed by atoms with Crippen LogP contribution in [0.4, 0.5) is 38.0 Å². The second-order valence-electron chi connectivity index (χ2n) is 12.4. The Kier molecular flexibility index (Phi) is 10.3. The summed E-state index contributed by atoms with van der Waals surface area (Å²) >= 11 is 0. The topological polar surface area (TPSA) is 108 Å². The van der Waals surface area contributed by atoms with Crippen molar-refractivity contribution < 1.29 is 41.4 Å². The average Bonchev–Trinajstić information content (AvgIpc) is 3.68. The highest BCUT2D eigenvalue weighted by Crippen LogP contribution is 2.38. The zero-order chi connectivity index (χ0) is 33.9. The molecule has 0 amide bonds. The summed E-state index contributed by atoms with van der Waals surface area (Å²) < 4.78 is 82.3. The SMILES string of the molecule is CCN(C[C@H]1CC[C@H](C(=O)O)CC1)c1cc2c(cc1CN(Cc1cc(C(F)(F)F)cc(C(F)(F)F)c1)c1nnn(CCO)n1)CCC2. The van der Waals surface area contributed by atoms with Crippen molar-refractivity contribution in [2.75, 3.05) is 29.5 Å². The van der Waals surface area contributed by atoms with Gasteiger partial charge in [0.1, 0.15) is 0 Å². The number of carbonyl (C=O) groups is 1. The van der Waals surface area contributed by atoms with E-state index in [1.807, 2.05) is 6.92 Å². The lowest BCUT2D eigenvalue weighted by Crippen LogP contribution is -2.34. The summed E-state index contributed by atoms with van der Waals surface area (Å²) in [5.41, 5.74) is 1.00. The molecule has 1 fully saturated rings. The molecule has 1 aromatic heterocycles. The van der Waals surface area contributed by atoms with Gasteiger partial charge in [-0.25, -0.2) is 0 Å². The van der Waals surface area contributed by atoms with E-state index < -0.39 is 29.4 Å². The van der Waals surface area contributed by atoms with Crippen LogP contribution in [0.15, 0.2) is 30.3 Å². The van der Waals surface area contributed by atoms with Gasteiger partial charge in [0.05, 0.1) is 30.2 Å². The van der Waals surface area contributed by atoms with E-state index in [9.17, 15) is 41.4 Å². The summed E-state index contributed by atoms with van der Waals surface area (Å²) in [5, 5.41) is 31.0. The minimum atomic E-state index is -5.00. The largest absolute Gasteiger partial charge is 0.481 e. The van der Waals surface area contributed by atoms with Gasteiger partial charge < -0.3 is 20.0 Å². The van der Waals surface area contributed by atoms with Gasteiger partial charge in [-0.1, -0.05) is 11.2 Å². The highest BCUT2D eigenvalue weighted by molar-refractivity contribution is 5.70. The average molecular weight is 669 g/mol. The molecule has 0 atom stereocenters. The summed E-state index contributed by atoms with van der Waals surface area (Å²) in [7, 11) is 0. The molecule has 1 heterocycles. The molecule has 0 spiro atoms. The Morgan fingerprint density at radius 2 is 1.55 bits per heavy atom. The lowest BCUT2D eigenvalue weighted by Gasteiger charge is -2.34. The molecule has 1 saturated carbocycles. The number of halogens is 6. The van der Waals surface area contributed by atoms with Crippen molar-refractivity contribution in [1.82, 2.24) is 20.2 Å². The summed E-state index contributed by atoms with van der Waals surface area (Å²) in [6.45, 7) is 2.72. The molecule has 47 heavy (non-hydrogen) atoms. The molecule has 2 aromatic carbocycles. The van der Waals surface area contributed by atoms with E-state index in [0.717, 1.165) is 53.7 Å². The molecular weight excluding hydrogens is 630 g/mol. The molecule has 5 rings (SSSR count). The molecule has 0 saturated heterocycles. The van der Waals surface area contributed by atoms with E-state index in [1.54, 1.807) is 0 Å². The maximum absolute atomic E-state index is 13.7. The van der Waals surface area contributed by atoms with Gasteiger partial charge in [0, 0.05) is 31.9 Å². The number of aliphatic carboxylic acids is 1. The number of carboxylic acid groups (broad SMARTS) is 1. The van der Waals surface area contributed by atoms with Crippen molar-refractivity contribution in [3.8, 4) is 0 Å². The number of benzene rings is 2. The van der Waals surface area contributed by atoms with Gasteiger partial charge in [-0.3, -0.25) is 4.79 Å². The first-order valence-electron chi connectivity index (χ1n) is 15.8. The fourth-order valence-electron chi connectivity index (χ4n) is 6.66. The molecule has 0 unspecified atom stereocenters. The summed E-state index contributed by atoms with van der Waals surface area (Å²) in [4.78, 5) is 16.3. The van der Waals surface area contributed by atoms with Gasteiger partial charge in [-0.05, 0) is 110 Å². The smallest absolute Gasteiger partial charge is 0.416 e. The molecule has 15 heteroatoms. The molecule has 2 aliphatic rings. The fraction of sp³-hybridized carbons (Fsp3) is 0.562. The molecule has 0 bridgehead atoms. The minimum Gasteiger partial charge on any atom is -0.481 e. The first-order valence-corrected chi connectivity index (χ1v) is 15.8. The maximum Gasteiger partial charge on any atom is 0.416 e. The molecule has 3 aromatic rings. The van der Waals surface area contributed by atoms with Crippen LogP contribution in [0.2, 0.25) is 0 Å². The Morgan fingerprint density at radius 3 is 2.13 bits per heavy atom. The molecule has 2 aliphatic carbocycles. The first-order chi connectivity index (χ1) is 22.2. The van der Waals surface area contributed by atoms with E-state index in [1.165, 1.54) is 10.5 Å². The molecule has 0 aliphatic heterocycles. The molecule has 0 radical (unpaired) electrons. The predicted molar refractivity (Wildman–Crippen MR) is 161 cm³/mol. The number of nitrogens with zero attached hydrogens (tertiary/aromatic N) is 6. The fourth-order valence-corrected chi connectivity index (χ4v) is 6.66. The van der Waals surface area contributed by atoms with Crippen molar-refractivity contribution >= 4 is 17.6 Å². The van der Waals surface area contributed by atoms with Crippen LogP contribution in [0.25, 0.3) is 0 Å². The third kappa shape index (κ3) is 8.35. The highest BCUT2D eigenvalue weighted by Gasteiger charge is 2.37. The van der Waals surface area contributed by atoms with E-state index >= 15 is 0 Å². The van der Waals surface area contributed by atoms with Gasteiger partial charge in [0.25, 0.3) is 5.95 Å². The Bertz CT molecular complexity index is 1520. The molecule has 256 valence electrons.